The molecule has 8 heteroatoms. The van der Waals surface area contributed by atoms with Crippen LogP contribution in [0.5, 0.6) is 0 Å². The zero-order valence-corrected chi connectivity index (χ0v) is 11.1. The number of benzene rings is 1. The number of nitrogens with one attached hydrogen (secondary N) is 2. The van der Waals surface area contributed by atoms with Crippen molar-refractivity contribution in [2.75, 3.05) is 20.3 Å². The van der Waals surface area contributed by atoms with Gasteiger partial charge in [0.2, 0.25) is 0 Å². The predicted octanol–water partition coefficient (Wildman–Crippen LogP) is 1.04. The molecule has 102 valence electrons. The molecule has 0 unspecified atom stereocenters. The molecule has 0 saturated heterocycles. The molecule has 0 saturated carbocycles. The number of methoxy groups -OCH3 is 1. The molecule has 7 nitrogen and oxygen atoms in total. The molecule has 0 amide bonds. The fraction of sp³-hybridized carbons (Fsp3) is 0.273. The number of hydrogen-bond donors (Lipinski definition) is 2. The zero-order valence-electron chi connectivity index (χ0n) is 10.3. The molecule has 0 heterocycles. The second-order valence-corrected chi connectivity index (χ2v) is 3.88. The molecule has 0 atom stereocenters. The maximum Gasteiger partial charge on any atom is 0.270 e. The van der Waals surface area contributed by atoms with Gasteiger partial charge in [-0.3, -0.25) is 15.5 Å². The minimum Gasteiger partial charge on any atom is -0.383 e. The molecular weight excluding hydrogens is 268 g/mol. The first-order chi connectivity index (χ1) is 9.13. The van der Waals surface area contributed by atoms with Crippen LogP contribution in [0.4, 0.5) is 5.69 Å². The summed E-state index contributed by atoms with van der Waals surface area (Å²) in [7, 11) is 1.60. The number of hydrazone groups is 1. The fourth-order valence-electron chi connectivity index (χ4n) is 1.19. The van der Waals surface area contributed by atoms with Crippen molar-refractivity contribution < 1.29 is 9.66 Å². The van der Waals surface area contributed by atoms with Crippen LogP contribution in [-0.4, -0.2) is 36.5 Å². The SMILES string of the molecule is COCCNC(=S)N/N=C\c1cccc([N+](=O)[O-])c1. The molecule has 19 heavy (non-hydrogen) atoms. The summed E-state index contributed by atoms with van der Waals surface area (Å²) in [5, 5.41) is 17.7. The topological polar surface area (TPSA) is 88.8 Å². The van der Waals surface area contributed by atoms with Crippen LogP contribution in [0, 0.1) is 10.1 Å². The van der Waals surface area contributed by atoms with Gasteiger partial charge in [0.1, 0.15) is 0 Å². The van der Waals surface area contributed by atoms with Gasteiger partial charge in [0.05, 0.1) is 17.7 Å². The van der Waals surface area contributed by atoms with Crippen LogP contribution in [0.15, 0.2) is 29.4 Å². The van der Waals surface area contributed by atoms with Gasteiger partial charge < -0.3 is 10.1 Å². The number of rotatable bonds is 6. The molecule has 0 spiro atoms. The van der Waals surface area contributed by atoms with Gasteiger partial charge in [-0.15, -0.1) is 0 Å². The molecule has 0 aliphatic carbocycles. The normalized spacial score (nSPS) is 10.4. The minimum atomic E-state index is -0.457. The quantitative estimate of drug-likeness (QED) is 0.266. The Morgan fingerprint density at radius 1 is 1.63 bits per heavy atom. The van der Waals surface area contributed by atoms with Crippen LogP contribution in [0.25, 0.3) is 0 Å². The summed E-state index contributed by atoms with van der Waals surface area (Å²) in [6.45, 7) is 1.12. The fourth-order valence-corrected chi connectivity index (χ4v) is 1.35. The maximum absolute atomic E-state index is 10.6. The lowest BCUT2D eigenvalue weighted by atomic mass is 10.2. The van der Waals surface area contributed by atoms with Gasteiger partial charge in [-0.1, -0.05) is 12.1 Å². The average Bonchev–Trinajstić information content (AvgIpc) is 2.39. The summed E-state index contributed by atoms with van der Waals surface area (Å²) < 4.78 is 4.85. The molecule has 0 aliphatic heterocycles. The first kappa shape index (κ1) is 15.0. The van der Waals surface area contributed by atoms with Crippen molar-refractivity contribution in [3.05, 3.63) is 39.9 Å². The molecule has 1 rings (SSSR count). The lowest BCUT2D eigenvalue weighted by Crippen LogP contribution is -2.34. The monoisotopic (exact) mass is 282 g/mol. The van der Waals surface area contributed by atoms with Crippen LogP contribution in [-0.2, 0) is 4.74 Å². The zero-order chi connectivity index (χ0) is 14.1. The lowest BCUT2D eigenvalue weighted by Gasteiger charge is -2.05. The van der Waals surface area contributed by atoms with Gasteiger partial charge in [-0.25, -0.2) is 0 Å². The van der Waals surface area contributed by atoms with Gasteiger partial charge >= 0.3 is 0 Å². The molecule has 1 aromatic rings. The average molecular weight is 282 g/mol. The van der Waals surface area contributed by atoms with Gasteiger partial charge in [0.15, 0.2) is 5.11 Å². The first-order valence-electron chi connectivity index (χ1n) is 5.44. The lowest BCUT2D eigenvalue weighted by molar-refractivity contribution is -0.384. The van der Waals surface area contributed by atoms with E-state index in [1.807, 2.05) is 0 Å². The third-order valence-corrected chi connectivity index (χ3v) is 2.29. The van der Waals surface area contributed by atoms with Gasteiger partial charge in [-0.2, -0.15) is 5.10 Å². The Morgan fingerprint density at radius 2 is 2.42 bits per heavy atom. The molecule has 0 aromatic heterocycles. The Kier molecular flexibility index (Phi) is 6.41. The second-order valence-electron chi connectivity index (χ2n) is 3.47. The highest BCUT2D eigenvalue weighted by molar-refractivity contribution is 7.80. The van der Waals surface area contributed by atoms with E-state index in [0.717, 1.165) is 0 Å². The Labute approximate surface area is 115 Å². The van der Waals surface area contributed by atoms with Crippen LogP contribution in [0.1, 0.15) is 5.56 Å². The highest BCUT2D eigenvalue weighted by atomic mass is 32.1. The van der Waals surface area contributed by atoms with E-state index >= 15 is 0 Å². The Morgan fingerprint density at radius 3 is 3.11 bits per heavy atom. The number of ether oxygens (including phenoxy) is 1. The molecule has 0 bridgehead atoms. The Hall–Kier alpha value is -2.06. The van der Waals surface area contributed by atoms with Crippen molar-refractivity contribution in [2.45, 2.75) is 0 Å². The summed E-state index contributed by atoms with van der Waals surface area (Å²) in [6.07, 6.45) is 1.46. The van der Waals surface area contributed by atoms with E-state index in [9.17, 15) is 10.1 Å². The highest BCUT2D eigenvalue weighted by Crippen LogP contribution is 2.11. The first-order valence-corrected chi connectivity index (χ1v) is 5.84. The summed E-state index contributed by atoms with van der Waals surface area (Å²) in [5.74, 6) is 0. The largest absolute Gasteiger partial charge is 0.383 e. The summed E-state index contributed by atoms with van der Waals surface area (Å²) >= 11 is 4.95. The van der Waals surface area contributed by atoms with Crippen LogP contribution in [0.2, 0.25) is 0 Å². The van der Waals surface area contributed by atoms with Crippen LogP contribution >= 0.6 is 12.2 Å². The third-order valence-electron chi connectivity index (χ3n) is 2.05. The second kappa shape index (κ2) is 8.11. The summed E-state index contributed by atoms with van der Waals surface area (Å²) in [6, 6.07) is 6.14. The van der Waals surface area contributed by atoms with Gasteiger partial charge in [0.25, 0.3) is 5.69 Å². The van der Waals surface area contributed by atoms with E-state index in [2.05, 4.69) is 15.8 Å². The number of nitrogens with zero attached hydrogens (tertiary/aromatic N) is 2. The van der Waals surface area contributed by atoms with Crippen LogP contribution < -0.4 is 10.7 Å². The van der Waals surface area contributed by atoms with Gasteiger partial charge in [0, 0.05) is 31.4 Å². The van der Waals surface area contributed by atoms with E-state index in [0.29, 0.717) is 23.8 Å². The molecule has 1 aromatic carbocycles. The molecule has 0 radical (unpaired) electrons. The summed E-state index contributed by atoms with van der Waals surface area (Å²) in [5.41, 5.74) is 3.23. The maximum atomic E-state index is 10.6. The molecule has 0 aliphatic rings. The Bertz CT molecular complexity index is 479. The molecular formula is C11H14N4O3S. The van der Waals surface area contributed by atoms with E-state index in [4.69, 9.17) is 17.0 Å². The Balaban J connectivity index is 2.46. The third kappa shape index (κ3) is 5.89. The number of nitro groups is 1. The predicted molar refractivity (Wildman–Crippen MR) is 76.3 cm³/mol. The van der Waals surface area contributed by atoms with E-state index in [1.54, 1.807) is 19.2 Å². The smallest absolute Gasteiger partial charge is 0.270 e. The van der Waals surface area contributed by atoms with Crippen molar-refractivity contribution in [2.24, 2.45) is 5.10 Å². The van der Waals surface area contributed by atoms with E-state index in [-0.39, 0.29) is 5.69 Å². The minimum absolute atomic E-state index is 0.0183. The number of hydrogen-bond acceptors (Lipinski definition) is 5. The molecule has 2 N–H and O–H groups in total. The molecule has 0 fully saturated rings. The van der Waals surface area contributed by atoms with E-state index in [1.165, 1.54) is 18.3 Å². The van der Waals surface area contributed by atoms with Crippen molar-refractivity contribution in [3.63, 3.8) is 0 Å². The number of nitro benzene ring substituents is 1. The highest BCUT2D eigenvalue weighted by Gasteiger charge is 2.03. The number of non-ortho nitro benzene ring substituents is 1. The van der Waals surface area contributed by atoms with Crippen LogP contribution in [0.3, 0.4) is 0 Å². The standard InChI is InChI=1S/C11H14N4O3S/c1-18-6-5-12-11(19)14-13-8-9-3-2-4-10(7-9)15(16)17/h2-4,7-8H,5-6H2,1H3,(H2,12,14,19)/b13-8-. The summed E-state index contributed by atoms with van der Waals surface area (Å²) in [4.78, 5) is 10.1. The van der Waals surface area contributed by atoms with E-state index < -0.39 is 4.92 Å². The number of thiocarbonyl (C=S) groups is 1. The van der Waals surface area contributed by atoms with Crippen molar-refractivity contribution in [3.8, 4) is 0 Å². The van der Waals surface area contributed by atoms with Crippen molar-refractivity contribution in [1.29, 1.82) is 0 Å². The van der Waals surface area contributed by atoms with Crippen molar-refractivity contribution in [1.82, 2.24) is 10.7 Å². The van der Waals surface area contributed by atoms with Crippen molar-refractivity contribution >= 4 is 29.2 Å². The van der Waals surface area contributed by atoms with Gasteiger partial charge in [-0.05, 0) is 12.2 Å².